The molecule has 3 heteroatoms. The first kappa shape index (κ1) is 9.46. The predicted molar refractivity (Wildman–Crippen MR) is 64.4 cm³/mol. The van der Waals surface area contributed by atoms with Crippen LogP contribution in [0.5, 0.6) is 0 Å². The lowest BCUT2D eigenvalue weighted by molar-refractivity contribution is 0.542. The number of aryl methyl sites for hydroxylation is 2. The third-order valence-electron chi connectivity index (χ3n) is 3.12. The Bertz CT molecular complexity index is 501. The van der Waals surface area contributed by atoms with E-state index in [1.165, 1.54) is 11.1 Å². The van der Waals surface area contributed by atoms with Crippen LogP contribution in [-0.2, 0) is 6.54 Å². The first-order valence-electron chi connectivity index (χ1n) is 5.67. The van der Waals surface area contributed by atoms with Crippen molar-refractivity contribution in [2.45, 2.75) is 25.9 Å². The number of benzene rings is 1. The minimum atomic E-state index is 0.398. The number of nitrogens with one attached hydrogen (secondary N) is 1. The standard InChI is InChI=1S/C13H15N3/c1-10-3-2-4-11(9-10)12-5-7-16-8-6-14-13(16)15-12/h2-4,6,8-9,12H,5,7H2,1H3,(H,14,15). The van der Waals surface area contributed by atoms with E-state index >= 15 is 0 Å². The first-order valence-corrected chi connectivity index (χ1v) is 5.67. The zero-order valence-electron chi connectivity index (χ0n) is 9.35. The fourth-order valence-corrected chi connectivity index (χ4v) is 2.26. The Kier molecular flexibility index (Phi) is 2.17. The molecule has 0 aliphatic carbocycles. The highest BCUT2D eigenvalue weighted by molar-refractivity contribution is 5.36. The van der Waals surface area contributed by atoms with Crippen molar-refractivity contribution in [1.29, 1.82) is 0 Å². The Balaban J connectivity index is 1.88. The molecule has 16 heavy (non-hydrogen) atoms. The minimum Gasteiger partial charge on any atom is -0.349 e. The van der Waals surface area contributed by atoms with Gasteiger partial charge < -0.3 is 9.88 Å². The van der Waals surface area contributed by atoms with Crippen LogP contribution in [0.25, 0.3) is 0 Å². The molecule has 1 aliphatic heterocycles. The summed E-state index contributed by atoms with van der Waals surface area (Å²) in [4.78, 5) is 4.31. The lowest BCUT2D eigenvalue weighted by Crippen LogP contribution is -2.21. The summed E-state index contributed by atoms with van der Waals surface area (Å²) in [6.07, 6.45) is 4.99. The van der Waals surface area contributed by atoms with Crippen LogP contribution in [0.15, 0.2) is 36.7 Å². The van der Waals surface area contributed by atoms with Crippen molar-refractivity contribution in [2.75, 3.05) is 5.32 Å². The molecular formula is C13H15N3. The van der Waals surface area contributed by atoms with Crippen LogP contribution in [0.3, 0.4) is 0 Å². The first-order chi connectivity index (χ1) is 7.83. The Morgan fingerprint density at radius 2 is 2.38 bits per heavy atom. The molecule has 3 rings (SSSR count). The van der Waals surface area contributed by atoms with Gasteiger partial charge >= 0.3 is 0 Å². The Labute approximate surface area is 95.1 Å². The van der Waals surface area contributed by atoms with Crippen molar-refractivity contribution in [3.8, 4) is 0 Å². The molecule has 0 bridgehead atoms. The summed E-state index contributed by atoms with van der Waals surface area (Å²) in [5.74, 6) is 0.984. The van der Waals surface area contributed by atoms with Gasteiger partial charge in [0.1, 0.15) is 0 Å². The van der Waals surface area contributed by atoms with E-state index in [0.29, 0.717) is 6.04 Å². The fourth-order valence-electron chi connectivity index (χ4n) is 2.26. The van der Waals surface area contributed by atoms with Crippen molar-refractivity contribution in [3.05, 3.63) is 47.8 Å². The Morgan fingerprint density at radius 1 is 1.44 bits per heavy atom. The van der Waals surface area contributed by atoms with Crippen LogP contribution in [-0.4, -0.2) is 9.55 Å². The minimum absolute atomic E-state index is 0.398. The zero-order chi connectivity index (χ0) is 11.0. The van der Waals surface area contributed by atoms with E-state index < -0.39 is 0 Å². The van der Waals surface area contributed by atoms with Gasteiger partial charge in [0.25, 0.3) is 0 Å². The van der Waals surface area contributed by atoms with Crippen LogP contribution in [0.4, 0.5) is 5.95 Å². The van der Waals surface area contributed by atoms with E-state index in [-0.39, 0.29) is 0 Å². The van der Waals surface area contributed by atoms with Crippen LogP contribution in [0.2, 0.25) is 0 Å². The van der Waals surface area contributed by atoms with E-state index in [4.69, 9.17) is 0 Å². The van der Waals surface area contributed by atoms with Gasteiger partial charge in [0.05, 0.1) is 6.04 Å². The largest absolute Gasteiger partial charge is 0.349 e. The molecule has 0 fully saturated rings. The van der Waals surface area contributed by atoms with Crippen LogP contribution >= 0.6 is 0 Å². The molecular weight excluding hydrogens is 198 g/mol. The molecule has 1 unspecified atom stereocenters. The number of rotatable bonds is 1. The quantitative estimate of drug-likeness (QED) is 0.789. The lowest BCUT2D eigenvalue weighted by atomic mass is 10.0. The van der Waals surface area contributed by atoms with Gasteiger partial charge in [-0.2, -0.15) is 0 Å². The van der Waals surface area contributed by atoms with Gasteiger partial charge in [-0.25, -0.2) is 4.98 Å². The van der Waals surface area contributed by atoms with Gasteiger partial charge in [0.2, 0.25) is 5.95 Å². The maximum absolute atomic E-state index is 4.31. The number of hydrogen-bond acceptors (Lipinski definition) is 2. The Morgan fingerprint density at radius 3 is 3.25 bits per heavy atom. The SMILES string of the molecule is Cc1cccc(C2CCn3ccnc3N2)c1. The molecule has 1 N–H and O–H groups in total. The van der Waals surface area contributed by atoms with Crippen molar-refractivity contribution in [1.82, 2.24) is 9.55 Å². The second-order valence-corrected chi connectivity index (χ2v) is 4.34. The molecule has 3 nitrogen and oxygen atoms in total. The average molecular weight is 213 g/mol. The molecule has 82 valence electrons. The number of imidazole rings is 1. The molecule has 0 radical (unpaired) electrons. The summed E-state index contributed by atoms with van der Waals surface area (Å²) in [5.41, 5.74) is 2.67. The molecule has 0 spiro atoms. The van der Waals surface area contributed by atoms with Gasteiger partial charge in [-0.1, -0.05) is 29.8 Å². The molecule has 0 saturated heterocycles. The van der Waals surface area contributed by atoms with Gasteiger partial charge in [0, 0.05) is 18.9 Å². The summed E-state index contributed by atoms with van der Waals surface area (Å²) in [5, 5.41) is 3.47. The van der Waals surface area contributed by atoms with Gasteiger partial charge in [-0.3, -0.25) is 0 Å². The Hall–Kier alpha value is -1.77. The highest BCUT2D eigenvalue weighted by atomic mass is 15.2. The molecule has 1 aliphatic rings. The van der Waals surface area contributed by atoms with E-state index in [2.05, 4.69) is 46.1 Å². The lowest BCUT2D eigenvalue weighted by Gasteiger charge is -2.26. The van der Waals surface area contributed by atoms with Crippen LogP contribution in [0, 0.1) is 6.92 Å². The third-order valence-corrected chi connectivity index (χ3v) is 3.12. The zero-order valence-corrected chi connectivity index (χ0v) is 9.35. The second-order valence-electron chi connectivity index (χ2n) is 4.34. The summed E-state index contributed by atoms with van der Waals surface area (Å²) in [6, 6.07) is 9.08. The summed E-state index contributed by atoms with van der Waals surface area (Å²) >= 11 is 0. The number of anilines is 1. The maximum atomic E-state index is 4.31. The van der Waals surface area contributed by atoms with Crippen LogP contribution < -0.4 is 5.32 Å². The summed E-state index contributed by atoms with van der Waals surface area (Å²) in [7, 11) is 0. The van der Waals surface area contributed by atoms with Gasteiger partial charge in [-0.05, 0) is 18.9 Å². The predicted octanol–water partition coefficient (Wildman–Crippen LogP) is 2.75. The highest BCUT2D eigenvalue weighted by Gasteiger charge is 2.19. The fraction of sp³-hybridized carbons (Fsp3) is 0.308. The number of hydrogen-bond donors (Lipinski definition) is 1. The van der Waals surface area contributed by atoms with Crippen LogP contribution in [0.1, 0.15) is 23.6 Å². The van der Waals surface area contributed by atoms with E-state index in [9.17, 15) is 0 Å². The molecule has 2 aromatic rings. The average Bonchev–Trinajstić information content (AvgIpc) is 2.75. The molecule has 0 saturated carbocycles. The van der Waals surface area contributed by atoms with Crippen molar-refractivity contribution < 1.29 is 0 Å². The monoisotopic (exact) mass is 213 g/mol. The normalized spacial score (nSPS) is 18.9. The topological polar surface area (TPSA) is 29.9 Å². The summed E-state index contributed by atoms with van der Waals surface area (Å²) in [6.45, 7) is 3.17. The van der Waals surface area contributed by atoms with Crippen molar-refractivity contribution >= 4 is 5.95 Å². The second kappa shape index (κ2) is 3.67. The van der Waals surface area contributed by atoms with Crippen molar-refractivity contribution in [2.24, 2.45) is 0 Å². The number of nitrogens with zero attached hydrogens (tertiary/aromatic N) is 2. The van der Waals surface area contributed by atoms with Gasteiger partial charge in [0.15, 0.2) is 0 Å². The maximum Gasteiger partial charge on any atom is 0.203 e. The van der Waals surface area contributed by atoms with Gasteiger partial charge in [-0.15, -0.1) is 0 Å². The molecule has 2 heterocycles. The van der Waals surface area contributed by atoms with E-state index in [0.717, 1.165) is 18.9 Å². The van der Waals surface area contributed by atoms with E-state index in [1.807, 2.05) is 12.4 Å². The summed E-state index contributed by atoms with van der Waals surface area (Å²) < 4.78 is 2.16. The molecule has 1 aromatic carbocycles. The molecule has 1 aromatic heterocycles. The molecule has 1 atom stereocenters. The number of fused-ring (bicyclic) bond motifs is 1. The number of aromatic nitrogens is 2. The third kappa shape index (κ3) is 1.58. The smallest absolute Gasteiger partial charge is 0.203 e. The molecule has 0 amide bonds. The highest BCUT2D eigenvalue weighted by Crippen LogP contribution is 2.27. The van der Waals surface area contributed by atoms with Crippen molar-refractivity contribution in [3.63, 3.8) is 0 Å². The van der Waals surface area contributed by atoms with E-state index in [1.54, 1.807) is 0 Å².